The van der Waals surface area contributed by atoms with Gasteiger partial charge in [-0.1, -0.05) is 6.92 Å². The van der Waals surface area contributed by atoms with Gasteiger partial charge in [0.15, 0.2) is 0 Å². The molecule has 2 rings (SSSR count). The van der Waals surface area contributed by atoms with E-state index in [2.05, 4.69) is 9.97 Å². The fourth-order valence-electron chi connectivity index (χ4n) is 2.00. The fraction of sp³-hybridized carbons (Fsp3) is 0.462. The number of halogens is 3. The summed E-state index contributed by atoms with van der Waals surface area (Å²) in [6, 6.07) is 3.55. The van der Waals surface area contributed by atoms with Crippen LogP contribution < -0.4 is 5.73 Å². The Morgan fingerprint density at radius 2 is 2.11 bits per heavy atom. The molecule has 19 heavy (non-hydrogen) atoms. The summed E-state index contributed by atoms with van der Waals surface area (Å²) < 4.78 is 37.8. The molecule has 6 heteroatoms. The molecule has 1 unspecified atom stereocenters. The number of alkyl halides is 3. The maximum Gasteiger partial charge on any atom is 0.416 e. The molecule has 3 nitrogen and oxygen atoms in total. The zero-order valence-electron chi connectivity index (χ0n) is 10.6. The van der Waals surface area contributed by atoms with Crippen LogP contribution >= 0.6 is 0 Å². The van der Waals surface area contributed by atoms with Crippen LogP contribution in [0.1, 0.15) is 37.1 Å². The first-order chi connectivity index (χ1) is 8.91. The van der Waals surface area contributed by atoms with Crippen molar-refractivity contribution in [2.75, 3.05) is 6.54 Å². The number of aromatic amines is 1. The molecule has 0 saturated heterocycles. The summed E-state index contributed by atoms with van der Waals surface area (Å²) in [6.45, 7) is 2.58. The largest absolute Gasteiger partial charge is 0.416 e. The molecule has 0 aliphatic rings. The van der Waals surface area contributed by atoms with Gasteiger partial charge >= 0.3 is 6.18 Å². The SMILES string of the molecule is CC(CCCN)c1nc2ccc(C(F)(F)F)cc2[nH]1. The van der Waals surface area contributed by atoms with E-state index in [9.17, 15) is 13.2 Å². The van der Waals surface area contributed by atoms with Gasteiger partial charge in [0, 0.05) is 5.92 Å². The van der Waals surface area contributed by atoms with E-state index in [4.69, 9.17) is 5.73 Å². The van der Waals surface area contributed by atoms with Crippen molar-refractivity contribution in [3.8, 4) is 0 Å². The Hall–Kier alpha value is -1.56. The molecule has 0 radical (unpaired) electrons. The average molecular weight is 271 g/mol. The van der Waals surface area contributed by atoms with Crippen molar-refractivity contribution in [2.24, 2.45) is 5.73 Å². The first kappa shape index (κ1) is 13.9. The number of H-pyrrole nitrogens is 1. The Morgan fingerprint density at radius 3 is 2.74 bits per heavy atom. The predicted octanol–water partition coefficient (Wildman–Crippen LogP) is 3.42. The number of rotatable bonds is 4. The van der Waals surface area contributed by atoms with E-state index in [0.717, 1.165) is 25.0 Å². The highest BCUT2D eigenvalue weighted by atomic mass is 19.4. The molecule has 0 amide bonds. The van der Waals surface area contributed by atoms with E-state index in [-0.39, 0.29) is 5.92 Å². The number of hydrogen-bond acceptors (Lipinski definition) is 2. The van der Waals surface area contributed by atoms with Gasteiger partial charge in [0.1, 0.15) is 5.82 Å². The van der Waals surface area contributed by atoms with E-state index in [1.165, 1.54) is 6.07 Å². The summed E-state index contributed by atoms with van der Waals surface area (Å²) in [4.78, 5) is 7.29. The van der Waals surface area contributed by atoms with Gasteiger partial charge in [-0.15, -0.1) is 0 Å². The molecule has 0 saturated carbocycles. The molecule has 1 aromatic heterocycles. The van der Waals surface area contributed by atoms with E-state index >= 15 is 0 Å². The van der Waals surface area contributed by atoms with Crippen LogP contribution in [0.4, 0.5) is 13.2 Å². The molecular weight excluding hydrogens is 255 g/mol. The zero-order chi connectivity index (χ0) is 14.0. The first-order valence-corrected chi connectivity index (χ1v) is 6.18. The highest BCUT2D eigenvalue weighted by Gasteiger charge is 2.30. The quantitative estimate of drug-likeness (QED) is 0.895. The first-order valence-electron chi connectivity index (χ1n) is 6.18. The second-order valence-electron chi connectivity index (χ2n) is 4.68. The second-order valence-corrected chi connectivity index (χ2v) is 4.68. The number of imidazole rings is 1. The number of nitrogens with one attached hydrogen (secondary N) is 1. The molecule has 0 aliphatic heterocycles. The van der Waals surface area contributed by atoms with Crippen LogP contribution in [0.15, 0.2) is 18.2 Å². The number of nitrogens with two attached hydrogens (primary N) is 1. The van der Waals surface area contributed by atoms with E-state index in [1.807, 2.05) is 6.92 Å². The van der Waals surface area contributed by atoms with Gasteiger partial charge in [-0.25, -0.2) is 4.98 Å². The van der Waals surface area contributed by atoms with Crippen molar-refractivity contribution in [1.29, 1.82) is 0 Å². The lowest BCUT2D eigenvalue weighted by Gasteiger charge is -2.06. The molecule has 3 N–H and O–H groups in total. The van der Waals surface area contributed by atoms with Crippen molar-refractivity contribution in [3.63, 3.8) is 0 Å². The Labute approximate surface area is 109 Å². The summed E-state index contributed by atoms with van der Waals surface area (Å²) in [5.74, 6) is 0.869. The van der Waals surface area contributed by atoms with Crippen molar-refractivity contribution >= 4 is 11.0 Å². The second kappa shape index (κ2) is 5.21. The molecule has 104 valence electrons. The minimum atomic E-state index is -4.33. The minimum Gasteiger partial charge on any atom is -0.342 e. The third kappa shape index (κ3) is 3.07. The number of nitrogens with zero attached hydrogens (tertiary/aromatic N) is 1. The predicted molar refractivity (Wildman–Crippen MR) is 67.8 cm³/mol. The maximum atomic E-state index is 12.6. The molecule has 1 atom stereocenters. The summed E-state index contributed by atoms with van der Waals surface area (Å²) in [6.07, 6.45) is -2.60. The number of fused-ring (bicyclic) bond motifs is 1. The summed E-state index contributed by atoms with van der Waals surface area (Å²) in [5.41, 5.74) is 5.76. The number of aromatic nitrogens is 2. The van der Waals surface area contributed by atoms with Crippen molar-refractivity contribution in [1.82, 2.24) is 9.97 Å². The minimum absolute atomic E-state index is 0.158. The Bertz CT molecular complexity index is 560. The molecule has 1 aromatic carbocycles. The lowest BCUT2D eigenvalue weighted by molar-refractivity contribution is -0.137. The molecule has 0 aliphatic carbocycles. The molecule has 0 spiro atoms. The van der Waals surface area contributed by atoms with Crippen molar-refractivity contribution in [2.45, 2.75) is 31.9 Å². The normalized spacial score (nSPS) is 13.9. The highest BCUT2D eigenvalue weighted by molar-refractivity contribution is 5.76. The Kier molecular flexibility index (Phi) is 3.80. The van der Waals surface area contributed by atoms with Gasteiger partial charge in [0.2, 0.25) is 0 Å². The van der Waals surface area contributed by atoms with Crippen LogP contribution in [0, 0.1) is 0 Å². The summed E-state index contributed by atoms with van der Waals surface area (Å²) in [7, 11) is 0. The van der Waals surface area contributed by atoms with Gasteiger partial charge in [-0.05, 0) is 37.6 Å². The lowest BCUT2D eigenvalue weighted by Crippen LogP contribution is -2.04. The van der Waals surface area contributed by atoms with Gasteiger partial charge in [0.05, 0.1) is 16.6 Å². The molecule has 0 fully saturated rings. The number of benzene rings is 1. The van der Waals surface area contributed by atoms with E-state index < -0.39 is 11.7 Å². The van der Waals surface area contributed by atoms with Crippen LogP contribution in [0.3, 0.4) is 0 Å². The van der Waals surface area contributed by atoms with Crippen LogP contribution in [0.5, 0.6) is 0 Å². The van der Waals surface area contributed by atoms with Crippen LogP contribution in [-0.2, 0) is 6.18 Å². The van der Waals surface area contributed by atoms with Gasteiger partial charge < -0.3 is 10.7 Å². The van der Waals surface area contributed by atoms with Crippen LogP contribution in [0.2, 0.25) is 0 Å². The topological polar surface area (TPSA) is 54.7 Å². The van der Waals surface area contributed by atoms with Gasteiger partial charge in [-0.2, -0.15) is 13.2 Å². The van der Waals surface area contributed by atoms with Gasteiger partial charge in [0.25, 0.3) is 0 Å². The molecular formula is C13H16F3N3. The number of hydrogen-bond donors (Lipinski definition) is 2. The third-order valence-electron chi connectivity index (χ3n) is 3.14. The van der Waals surface area contributed by atoms with Gasteiger partial charge in [-0.3, -0.25) is 0 Å². The van der Waals surface area contributed by atoms with Crippen LogP contribution in [0.25, 0.3) is 11.0 Å². The van der Waals surface area contributed by atoms with Crippen LogP contribution in [-0.4, -0.2) is 16.5 Å². The van der Waals surface area contributed by atoms with E-state index in [0.29, 0.717) is 23.4 Å². The Balaban J connectivity index is 2.30. The summed E-state index contributed by atoms with van der Waals surface area (Å²) >= 11 is 0. The molecule has 1 heterocycles. The third-order valence-corrected chi connectivity index (χ3v) is 3.14. The van der Waals surface area contributed by atoms with Crippen molar-refractivity contribution < 1.29 is 13.2 Å². The lowest BCUT2D eigenvalue weighted by atomic mass is 10.1. The fourth-order valence-corrected chi connectivity index (χ4v) is 2.00. The van der Waals surface area contributed by atoms with Crippen molar-refractivity contribution in [3.05, 3.63) is 29.6 Å². The summed E-state index contributed by atoms with van der Waals surface area (Å²) in [5, 5.41) is 0. The van der Waals surface area contributed by atoms with E-state index in [1.54, 1.807) is 0 Å². The smallest absolute Gasteiger partial charge is 0.342 e. The molecule has 0 bridgehead atoms. The Morgan fingerprint density at radius 1 is 1.37 bits per heavy atom. The molecule has 2 aromatic rings. The zero-order valence-corrected chi connectivity index (χ0v) is 10.6. The average Bonchev–Trinajstić information content (AvgIpc) is 2.77. The maximum absolute atomic E-state index is 12.6. The standard InChI is InChI=1S/C13H16F3N3/c1-8(3-2-6-17)12-18-10-5-4-9(13(14,15)16)7-11(10)19-12/h4-5,7-8H,2-3,6,17H2,1H3,(H,18,19). The monoisotopic (exact) mass is 271 g/mol. The highest BCUT2D eigenvalue weighted by Crippen LogP contribution is 2.31.